The van der Waals surface area contributed by atoms with E-state index in [0.29, 0.717) is 34.6 Å². The number of pyridine rings is 1. The first-order chi connectivity index (χ1) is 13.2. The van der Waals surface area contributed by atoms with Crippen LogP contribution in [0.2, 0.25) is 5.02 Å². The summed E-state index contributed by atoms with van der Waals surface area (Å²) in [6.45, 7) is 1.60. The van der Waals surface area contributed by atoms with Gasteiger partial charge in [0.05, 0.1) is 22.9 Å². The van der Waals surface area contributed by atoms with Gasteiger partial charge >= 0.3 is 0 Å². The van der Waals surface area contributed by atoms with Crippen LogP contribution in [0.1, 0.15) is 6.42 Å². The standard InChI is InChI=1S/C18H14ClFN6O/c19-15-14(10-2-3-13-23-12(21-9-27)8-26(13)7-10)11-6-22-24-17(11)18(16(15)20)25-4-1-5-25/h2-3,6-9H,1,4-5H2,(H,21,27)(H,22,24). The molecule has 9 heteroatoms. The molecule has 7 nitrogen and oxygen atoms in total. The highest BCUT2D eigenvalue weighted by Crippen LogP contribution is 2.43. The molecule has 0 radical (unpaired) electrons. The zero-order chi connectivity index (χ0) is 18.5. The predicted octanol–water partition coefficient (Wildman–Crippen LogP) is 3.45. The van der Waals surface area contributed by atoms with Gasteiger partial charge in [-0.05, 0) is 18.6 Å². The Balaban J connectivity index is 1.73. The van der Waals surface area contributed by atoms with Crippen molar-refractivity contribution in [2.75, 3.05) is 23.3 Å². The lowest BCUT2D eigenvalue weighted by atomic mass is 10.0. The first-order valence-electron chi connectivity index (χ1n) is 8.45. The van der Waals surface area contributed by atoms with Crippen molar-refractivity contribution in [1.82, 2.24) is 19.6 Å². The number of rotatable bonds is 4. The largest absolute Gasteiger partial charge is 0.367 e. The number of imidazole rings is 1. The van der Waals surface area contributed by atoms with E-state index in [-0.39, 0.29) is 5.02 Å². The fraction of sp³-hybridized carbons (Fsp3) is 0.167. The molecule has 136 valence electrons. The third-order valence-corrected chi connectivity index (χ3v) is 5.24. The fourth-order valence-corrected chi connectivity index (χ4v) is 3.79. The van der Waals surface area contributed by atoms with Gasteiger partial charge in [-0.15, -0.1) is 0 Å². The highest BCUT2D eigenvalue weighted by atomic mass is 35.5. The highest BCUT2D eigenvalue weighted by molar-refractivity contribution is 6.36. The van der Waals surface area contributed by atoms with Crippen LogP contribution in [0.15, 0.2) is 30.7 Å². The molecule has 1 fully saturated rings. The minimum absolute atomic E-state index is 0.0662. The quantitative estimate of drug-likeness (QED) is 0.528. The number of fused-ring (bicyclic) bond motifs is 2. The van der Waals surface area contributed by atoms with E-state index < -0.39 is 5.82 Å². The number of aromatic nitrogens is 4. The molecule has 0 bridgehead atoms. The minimum Gasteiger partial charge on any atom is -0.367 e. The third kappa shape index (κ3) is 2.37. The van der Waals surface area contributed by atoms with Gasteiger partial charge < -0.3 is 14.6 Å². The van der Waals surface area contributed by atoms with Crippen LogP contribution >= 0.6 is 11.6 Å². The van der Waals surface area contributed by atoms with Crippen molar-refractivity contribution in [3.8, 4) is 11.1 Å². The van der Waals surface area contributed by atoms with Crippen molar-refractivity contribution >= 4 is 46.1 Å². The SMILES string of the molecule is O=CNc1cn2cc(-c3c(Cl)c(F)c(N4CCC4)c4[nH]ncc34)ccc2n1. The Morgan fingerprint density at radius 2 is 2.15 bits per heavy atom. The smallest absolute Gasteiger partial charge is 0.212 e. The third-order valence-electron chi connectivity index (χ3n) is 4.88. The fourth-order valence-electron chi connectivity index (χ4n) is 3.49. The molecule has 1 saturated heterocycles. The summed E-state index contributed by atoms with van der Waals surface area (Å²) < 4.78 is 16.9. The molecule has 0 aliphatic carbocycles. The number of nitrogens with one attached hydrogen (secondary N) is 2. The minimum atomic E-state index is -0.447. The van der Waals surface area contributed by atoms with Crippen LogP contribution in [-0.2, 0) is 4.79 Å². The maximum atomic E-state index is 15.2. The number of carbonyl (C=O) groups excluding carboxylic acids is 1. The molecule has 0 spiro atoms. The molecule has 0 saturated carbocycles. The lowest BCUT2D eigenvalue weighted by Crippen LogP contribution is -2.37. The van der Waals surface area contributed by atoms with Gasteiger partial charge in [0.1, 0.15) is 11.3 Å². The molecule has 4 heterocycles. The molecular weight excluding hydrogens is 371 g/mol. The predicted molar refractivity (Wildman–Crippen MR) is 102 cm³/mol. The Labute approximate surface area is 157 Å². The Morgan fingerprint density at radius 3 is 2.89 bits per heavy atom. The zero-order valence-electron chi connectivity index (χ0n) is 14.0. The average Bonchev–Trinajstić information content (AvgIpc) is 3.23. The van der Waals surface area contributed by atoms with Crippen molar-refractivity contribution in [1.29, 1.82) is 0 Å². The van der Waals surface area contributed by atoms with Gasteiger partial charge in [0.15, 0.2) is 11.6 Å². The van der Waals surface area contributed by atoms with E-state index in [2.05, 4.69) is 20.5 Å². The maximum Gasteiger partial charge on any atom is 0.212 e. The number of halogens is 2. The summed E-state index contributed by atoms with van der Waals surface area (Å²) in [5.41, 5.74) is 3.07. The summed E-state index contributed by atoms with van der Waals surface area (Å²) in [6.07, 6.45) is 6.74. The number of aromatic amines is 1. The summed E-state index contributed by atoms with van der Waals surface area (Å²) in [7, 11) is 0. The van der Waals surface area contributed by atoms with Gasteiger partial charge in [0.2, 0.25) is 6.41 Å². The molecule has 0 unspecified atom stereocenters. The van der Waals surface area contributed by atoms with Gasteiger partial charge in [-0.3, -0.25) is 9.89 Å². The highest BCUT2D eigenvalue weighted by Gasteiger charge is 2.27. The van der Waals surface area contributed by atoms with Crippen molar-refractivity contribution in [2.45, 2.75) is 6.42 Å². The van der Waals surface area contributed by atoms with Crippen molar-refractivity contribution in [2.24, 2.45) is 0 Å². The summed E-state index contributed by atoms with van der Waals surface area (Å²) in [5.74, 6) is -0.0156. The van der Waals surface area contributed by atoms with Crippen LogP contribution in [0.5, 0.6) is 0 Å². The number of nitrogens with zero attached hydrogens (tertiary/aromatic N) is 4. The van der Waals surface area contributed by atoms with Crippen molar-refractivity contribution in [3.63, 3.8) is 0 Å². The van der Waals surface area contributed by atoms with E-state index in [9.17, 15) is 4.79 Å². The molecule has 4 aromatic rings. The maximum absolute atomic E-state index is 15.2. The van der Waals surface area contributed by atoms with Gasteiger partial charge in [0.25, 0.3) is 0 Å². The first-order valence-corrected chi connectivity index (χ1v) is 8.83. The van der Waals surface area contributed by atoms with Crippen molar-refractivity contribution < 1.29 is 9.18 Å². The summed E-state index contributed by atoms with van der Waals surface area (Å²) >= 11 is 6.47. The monoisotopic (exact) mass is 384 g/mol. The molecule has 2 N–H and O–H groups in total. The second-order valence-electron chi connectivity index (χ2n) is 6.42. The Kier molecular flexibility index (Phi) is 3.54. The topological polar surface area (TPSA) is 78.3 Å². The number of carbonyl (C=O) groups is 1. The van der Waals surface area contributed by atoms with Gasteiger partial charge in [-0.1, -0.05) is 11.6 Å². The Morgan fingerprint density at radius 1 is 1.30 bits per heavy atom. The second-order valence-corrected chi connectivity index (χ2v) is 6.80. The molecule has 3 aromatic heterocycles. The summed E-state index contributed by atoms with van der Waals surface area (Å²) in [5, 5.41) is 10.4. The number of anilines is 2. The molecule has 0 atom stereocenters. The van der Waals surface area contributed by atoms with Crippen molar-refractivity contribution in [3.05, 3.63) is 41.6 Å². The van der Waals surface area contributed by atoms with E-state index in [0.717, 1.165) is 30.5 Å². The van der Waals surface area contributed by atoms with Gasteiger partial charge in [-0.25, -0.2) is 9.37 Å². The van der Waals surface area contributed by atoms with Crippen LogP contribution in [0.4, 0.5) is 15.9 Å². The van der Waals surface area contributed by atoms with Crippen LogP contribution in [-0.4, -0.2) is 39.1 Å². The number of amides is 1. The lowest BCUT2D eigenvalue weighted by molar-refractivity contribution is -0.105. The molecule has 1 aliphatic heterocycles. The Bertz CT molecular complexity index is 1200. The summed E-state index contributed by atoms with van der Waals surface area (Å²) in [4.78, 5) is 16.9. The Hall–Kier alpha value is -3.13. The van der Waals surface area contributed by atoms with Gasteiger partial charge in [0, 0.05) is 35.8 Å². The molecule has 27 heavy (non-hydrogen) atoms. The number of hydrogen-bond acceptors (Lipinski definition) is 4. The lowest BCUT2D eigenvalue weighted by Gasteiger charge is -2.34. The number of H-pyrrole nitrogens is 1. The van der Waals surface area contributed by atoms with E-state index in [1.165, 1.54) is 0 Å². The molecule has 1 aromatic carbocycles. The van der Waals surface area contributed by atoms with E-state index in [1.54, 1.807) is 29.1 Å². The number of hydrogen-bond donors (Lipinski definition) is 2. The van der Waals surface area contributed by atoms with Crippen LogP contribution in [0.25, 0.3) is 27.7 Å². The van der Waals surface area contributed by atoms with Crippen LogP contribution in [0, 0.1) is 5.82 Å². The molecular formula is C18H14ClFN6O. The van der Waals surface area contributed by atoms with Crippen LogP contribution in [0.3, 0.4) is 0 Å². The second kappa shape index (κ2) is 5.95. The van der Waals surface area contributed by atoms with E-state index in [4.69, 9.17) is 11.6 Å². The molecule has 1 amide bonds. The van der Waals surface area contributed by atoms with Crippen LogP contribution < -0.4 is 10.2 Å². The van der Waals surface area contributed by atoms with E-state index >= 15 is 4.39 Å². The first kappa shape index (κ1) is 16.1. The number of benzene rings is 1. The van der Waals surface area contributed by atoms with E-state index in [1.807, 2.05) is 11.0 Å². The average molecular weight is 385 g/mol. The molecule has 1 aliphatic rings. The van der Waals surface area contributed by atoms with Gasteiger partial charge in [-0.2, -0.15) is 5.10 Å². The molecule has 5 rings (SSSR count). The zero-order valence-corrected chi connectivity index (χ0v) is 14.8. The summed E-state index contributed by atoms with van der Waals surface area (Å²) in [6, 6.07) is 3.61. The normalized spacial score (nSPS) is 13.9.